The van der Waals surface area contributed by atoms with Gasteiger partial charge in [0, 0.05) is 29.6 Å². The molecule has 2 unspecified atom stereocenters. The first-order chi connectivity index (χ1) is 17.3. The number of aromatic nitrogens is 4. The van der Waals surface area contributed by atoms with Gasteiger partial charge in [0.15, 0.2) is 5.65 Å². The largest absolute Gasteiger partial charge is 0.336 e. The van der Waals surface area contributed by atoms with E-state index >= 15 is 0 Å². The lowest BCUT2D eigenvalue weighted by Crippen LogP contribution is -2.50. The molecule has 4 heterocycles. The zero-order valence-electron chi connectivity index (χ0n) is 20.3. The van der Waals surface area contributed by atoms with Crippen molar-refractivity contribution >= 4 is 40.7 Å². The fraction of sp³-hybridized carbons (Fsp3) is 0.333. The van der Waals surface area contributed by atoms with Crippen LogP contribution >= 0.6 is 23.2 Å². The predicted octanol–water partition coefficient (Wildman–Crippen LogP) is 5.52. The molecule has 2 fully saturated rings. The second-order valence-electron chi connectivity index (χ2n) is 9.86. The number of nitrogens with zero attached hydrogens (tertiary/aromatic N) is 6. The molecule has 2 atom stereocenters. The molecular weight excluding hydrogens is 495 g/mol. The summed E-state index contributed by atoms with van der Waals surface area (Å²) in [6.45, 7) is 7.31. The monoisotopic (exact) mass is 520 g/mol. The van der Waals surface area contributed by atoms with Crippen LogP contribution in [0.25, 0.3) is 28.0 Å². The maximum atomic E-state index is 12.6. The van der Waals surface area contributed by atoms with Gasteiger partial charge in [0.05, 0.1) is 22.7 Å². The van der Waals surface area contributed by atoms with E-state index in [0.29, 0.717) is 28.2 Å². The van der Waals surface area contributed by atoms with E-state index < -0.39 is 0 Å². The number of carbonyl (C=O) groups excluding carboxylic acids is 1. The number of amides is 1. The van der Waals surface area contributed by atoms with Crippen LogP contribution in [0.5, 0.6) is 0 Å². The number of aryl methyl sites for hydroxylation is 1. The molecule has 7 nitrogen and oxygen atoms in total. The molecule has 0 radical (unpaired) electrons. The van der Waals surface area contributed by atoms with Crippen molar-refractivity contribution in [1.29, 1.82) is 0 Å². The van der Waals surface area contributed by atoms with E-state index in [1.54, 1.807) is 4.52 Å². The Morgan fingerprint density at radius 3 is 2.42 bits per heavy atom. The number of anilines is 1. The van der Waals surface area contributed by atoms with Crippen LogP contribution in [0, 0.1) is 12.8 Å². The molecule has 2 aliphatic rings. The Hall–Kier alpha value is -3.16. The topological polar surface area (TPSA) is 66.6 Å². The minimum absolute atomic E-state index is 0.00426. The van der Waals surface area contributed by atoms with E-state index in [1.807, 2.05) is 74.2 Å². The lowest BCUT2D eigenvalue weighted by molar-refractivity contribution is -0.135. The molecule has 0 aliphatic carbocycles. The van der Waals surface area contributed by atoms with Crippen molar-refractivity contribution in [2.24, 2.45) is 5.92 Å². The summed E-state index contributed by atoms with van der Waals surface area (Å²) in [5.41, 5.74) is 4.12. The van der Waals surface area contributed by atoms with Gasteiger partial charge in [-0.05, 0) is 37.1 Å². The van der Waals surface area contributed by atoms with Crippen molar-refractivity contribution in [2.75, 3.05) is 18.0 Å². The molecular formula is C27H26Cl2N6O. The van der Waals surface area contributed by atoms with Gasteiger partial charge in [-0.25, -0.2) is 0 Å². The maximum absolute atomic E-state index is 12.6. The first-order valence-electron chi connectivity index (χ1n) is 12.2. The molecule has 2 aromatic carbocycles. The van der Waals surface area contributed by atoms with Crippen LogP contribution in [-0.2, 0) is 4.79 Å². The highest BCUT2D eigenvalue weighted by Crippen LogP contribution is 2.40. The maximum Gasteiger partial charge on any atom is 0.229 e. The first kappa shape index (κ1) is 23.3. The number of piperazine rings is 1. The molecule has 184 valence electrons. The Morgan fingerprint density at radius 2 is 1.75 bits per heavy atom. The Labute approximate surface area is 219 Å². The average Bonchev–Trinajstić information content (AvgIpc) is 3.57. The minimum atomic E-state index is 0.00426. The number of fused-ring (bicyclic) bond motifs is 3. The SMILES string of the molecule is Cc1nc(N2CC3CC2CN3C(=O)C(C)C)nc2c(-c3ccc(Cl)cc3)c(-c3ccccc3Cl)nn12. The highest BCUT2D eigenvalue weighted by molar-refractivity contribution is 6.33. The molecule has 0 spiro atoms. The summed E-state index contributed by atoms with van der Waals surface area (Å²) in [5, 5.41) is 6.20. The lowest BCUT2D eigenvalue weighted by Gasteiger charge is -2.35. The molecule has 2 aromatic heterocycles. The number of rotatable bonds is 4. The molecule has 6 rings (SSSR count). The molecule has 1 amide bonds. The van der Waals surface area contributed by atoms with Gasteiger partial charge >= 0.3 is 0 Å². The van der Waals surface area contributed by atoms with Crippen LogP contribution in [0.15, 0.2) is 48.5 Å². The van der Waals surface area contributed by atoms with E-state index in [0.717, 1.165) is 41.2 Å². The van der Waals surface area contributed by atoms with Crippen LogP contribution < -0.4 is 4.90 Å². The summed E-state index contributed by atoms with van der Waals surface area (Å²) >= 11 is 12.8. The molecule has 9 heteroatoms. The fourth-order valence-electron chi connectivity index (χ4n) is 5.42. The van der Waals surface area contributed by atoms with Gasteiger partial charge in [0.2, 0.25) is 11.9 Å². The quantitative estimate of drug-likeness (QED) is 0.354. The highest BCUT2D eigenvalue weighted by atomic mass is 35.5. The number of benzene rings is 2. The average molecular weight is 521 g/mol. The van der Waals surface area contributed by atoms with E-state index in [1.165, 1.54) is 0 Å². The number of halogens is 2. The van der Waals surface area contributed by atoms with Gasteiger partial charge in [0.25, 0.3) is 0 Å². The Kier molecular flexibility index (Phi) is 5.65. The van der Waals surface area contributed by atoms with Gasteiger partial charge in [-0.2, -0.15) is 19.6 Å². The molecule has 4 aromatic rings. The summed E-state index contributed by atoms with van der Waals surface area (Å²) in [6.07, 6.45) is 0.945. The summed E-state index contributed by atoms with van der Waals surface area (Å²) in [4.78, 5) is 26.8. The summed E-state index contributed by atoms with van der Waals surface area (Å²) in [6, 6.07) is 15.8. The van der Waals surface area contributed by atoms with Crippen LogP contribution in [0.1, 0.15) is 26.1 Å². The number of carbonyl (C=O) groups is 1. The van der Waals surface area contributed by atoms with Crippen LogP contribution in [0.4, 0.5) is 5.95 Å². The van der Waals surface area contributed by atoms with E-state index in [9.17, 15) is 4.79 Å². The molecule has 0 saturated carbocycles. The Bertz CT molecular complexity index is 1480. The van der Waals surface area contributed by atoms with Crippen LogP contribution in [-0.4, -0.2) is 55.6 Å². The molecule has 2 aliphatic heterocycles. The third-order valence-corrected chi connectivity index (χ3v) is 7.75. The molecule has 2 saturated heterocycles. The number of hydrogen-bond donors (Lipinski definition) is 0. The van der Waals surface area contributed by atoms with E-state index in [-0.39, 0.29) is 23.9 Å². The molecule has 0 N–H and O–H groups in total. The van der Waals surface area contributed by atoms with Crippen molar-refractivity contribution in [2.45, 2.75) is 39.3 Å². The Morgan fingerprint density at radius 1 is 1.00 bits per heavy atom. The fourth-order valence-corrected chi connectivity index (χ4v) is 5.77. The lowest BCUT2D eigenvalue weighted by atomic mass is 10.0. The van der Waals surface area contributed by atoms with Gasteiger partial charge in [-0.3, -0.25) is 4.79 Å². The van der Waals surface area contributed by atoms with Crippen molar-refractivity contribution in [3.63, 3.8) is 0 Å². The second-order valence-corrected chi connectivity index (χ2v) is 10.7. The summed E-state index contributed by atoms with van der Waals surface area (Å²) in [7, 11) is 0. The van der Waals surface area contributed by atoms with Crippen LogP contribution in [0.3, 0.4) is 0 Å². The third-order valence-electron chi connectivity index (χ3n) is 7.17. The van der Waals surface area contributed by atoms with Crippen molar-refractivity contribution in [3.05, 3.63) is 64.4 Å². The van der Waals surface area contributed by atoms with Gasteiger partial charge in [-0.15, -0.1) is 0 Å². The highest BCUT2D eigenvalue weighted by Gasteiger charge is 2.46. The summed E-state index contributed by atoms with van der Waals surface area (Å²) in [5.74, 6) is 1.64. The number of hydrogen-bond acceptors (Lipinski definition) is 5. The van der Waals surface area contributed by atoms with Crippen LogP contribution in [0.2, 0.25) is 10.0 Å². The van der Waals surface area contributed by atoms with Crippen molar-refractivity contribution < 1.29 is 4.79 Å². The predicted molar refractivity (Wildman–Crippen MR) is 143 cm³/mol. The van der Waals surface area contributed by atoms with Crippen molar-refractivity contribution in [3.8, 4) is 22.4 Å². The number of likely N-dealkylation sites (tertiary alicyclic amines) is 1. The Balaban J connectivity index is 1.48. The second kappa shape index (κ2) is 8.75. The minimum Gasteiger partial charge on any atom is -0.336 e. The molecule has 36 heavy (non-hydrogen) atoms. The van der Waals surface area contributed by atoms with Gasteiger partial charge in [-0.1, -0.05) is 67.4 Å². The molecule has 2 bridgehead atoms. The smallest absolute Gasteiger partial charge is 0.229 e. The van der Waals surface area contributed by atoms with Gasteiger partial charge < -0.3 is 9.80 Å². The van der Waals surface area contributed by atoms with E-state index in [2.05, 4.69) is 4.90 Å². The normalized spacial score (nSPS) is 19.2. The standard InChI is InChI=1S/C27H26Cl2N6O/c1-15(2)26(36)33-13-20-12-19(33)14-34(20)27-30-16(3)35-25(31-27)23(17-8-10-18(28)11-9-17)24(32-35)21-6-4-5-7-22(21)29/h4-11,15,19-20H,12-14H2,1-3H3. The van der Waals surface area contributed by atoms with Gasteiger partial charge in [0.1, 0.15) is 11.5 Å². The summed E-state index contributed by atoms with van der Waals surface area (Å²) < 4.78 is 1.79. The zero-order valence-corrected chi connectivity index (χ0v) is 21.8. The van der Waals surface area contributed by atoms with Crippen molar-refractivity contribution in [1.82, 2.24) is 24.5 Å². The van der Waals surface area contributed by atoms with E-state index in [4.69, 9.17) is 38.3 Å². The first-order valence-corrected chi connectivity index (χ1v) is 12.9. The zero-order chi connectivity index (χ0) is 25.1. The third kappa shape index (κ3) is 3.73.